The third kappa shape index (κ3) is 6.60. The average Bonchev–Trinajstić information content (AvgIpc) is 2.43. The minimum atomic E-state index is -0.931. The maximum absolute atomic E-state index is 11.7. The van der Waals surface area contributed by atoms with Crippen LogP contribution in [0.3, 0.4) is 0 Å². The second-order valence-electron chi connectivity index (χ2n) is 4.90. The minimum absolute atomic E-state index is 0.0611. The summed E-state index contributed by atoms with van der Waals surface area (Å²) in [6, 6.07) is 3.25. The van der Waals surface area contributed by atoms with Crippen molar-refractivity contribution in [1.82, 2.24) is 15.2 Å². The molecule has 1 heterocycles. The number of carbonyl (C=O) groups excluding carboxylic acids is 1. The summed E-state index contributed by atoms with van der Waals surface area (Å²) in [5.74, 6) is -0.391. The zero-order valence-electron chi connectivity index (χ0n) is 12.5. The summed E-state index contributed by atoms with van der Waals surface area (Å²) >= 11 is 0. The first-order chi connectivity index (χ1) is 9.88. The molecule has 1 aromatic heterocycles. The predicted octanol–water partition coefficient (Wildman–Crippen LogP) is 1.48. The number of ether oxygens (including phenoxy) is 1. The molecule has 0 saturated heterocycles. The summed E-state index contributed by atoms with van der Waals surface area (Å²) < 4.78 is 5.43. The molecule has 0 fully saturated rings. The Hall–Kier alpha value is -2.31. The predicted molar refractivity (Wildman–Crippen MR) is 77.1 cm³/mol. The van der Waals surface area contributed by atoms with Gasteiger partial charge in [-0.15, -0.1) is 0 Å². The van der Waals surface area contributed by atoms with Gasteiger partial charge in [0.15, 0.2) is 0 Å². The largest absolute Gasteiger partial charge is 0.481 e. The number of pyridine rings is 1. The zero-order chi connectivity index (χ0) is 15.8. The molecule has 0 saturated carbocycles. The van der Waals surface area contributed by atoms with Gasteiger partial charge in [-0.05, 0) is 19.4 Å². The number of amides is 2. The highest BCUT2D eigenvalue weighted by molar-refractivity contribution is 5.74. The number of rotatable bonds is 7. The van der Waals surface area contributed by atoms with E-state index in [0.29, 0.717) is 12.4 Å². The second kappa shape index (κ2) is 8.08. The summed E-state index contributed by atoms with van der Waals surface area (Å²) in [5, 5.41) is 11.3. The van der Waals surface area contributed by atoms with Gasteiger partial charge in [0.05, 0.1) is 12.5 Å². The molecule has 7 nitrogen and oxygen atoms in total. The van der Waals surface area contributed by atoms with Crippen molar-refractivity contribution in [3.63, 3.8) is 0 Å². The highest BCUT2D eigenvalue weighted by Gasteiger charge is 2.09. The van der Waals surface area contributed by atoms with E-state index in [0.717, 1.165) is 5.56 Å². The van der Waals surface area contributed by atoms with Crippen LogP contribution in [0.25, 0.3) is 0 Å². The molecule has 0 radical (unpaired) electrons. The molecule has 0 aliphatic heterocycles. The van der Waals surface area contributed by atoms with E-state index in [1.54, 1.807) is 19.3 Å². The van der Waals surface area contributed by atoms with Crippen LogP contribution in [0.15, 0.2) is 18.3 Å². The summed E-state index contributed by atoms with van der Waals surface area (Å²) in [6.07, 6.45) is 1.62. The first kappa shape index (κ1) is 16.7. The van der Waals surface area contributed by atoms with Crippen LogP contribution in [0.1, 0.15) is 25.8 Å². The van der Waals surface area contributed by atoms with Crippen LogP contribution in [0.4, 0.5) is 4.79 Å². The van der Waals surface area contributed by atoms with Crippen LogP contribution < -0.4 is 10.1 Å². The van der Waals surface area contributed by atoms with Gasteiger partial charge in [0, 0.05) is 32.4 Å². The second-order valence-corrected chi connectivity index (χ2v) is 4.90. The first-order valence-corrected chi connectivity index (χ1v) is 6.71. The number of urea groups is 1. The van der Waals surface area contributed by atoms with Crippen molar-refractivity contribution in [1.29, 1.82) is 0 Å². The van der Waals surface area contributed by atoms with Gasteiger partial charge in [0.1, 0.15) is 0 Å². The number of aromatic nitrogens is 1. The molecular formula is C14H21N3O4. The number of carbonyl (C=O) groups is 2. The van der Waals surface area contributed by atoms with Crippen LogP contribution in [-0.2, 0) is 11.3 Å². The molecule has 0 unspecified atom stereocenters. The van der Waals surface area contributed by atoms with E-state index in [-0.39, 0.29) is 25.1 Å². The van der Waals surface area contributed by atoms with Gasteiger partial charge in [-0.2, -0.15) is 0 Å². The number of aliphatic carboxylic acids is 1. The number of hydrogen-bond donors (Lipinski definition) is 2. The average molecular weight is 295 g/mol. The molecule has 21 heavy (non-hydrogen) atoms. The highest BCUT2D eigenvalue weighted by Crippen LogP contribution is 2.09. The number of carboxylic acids is 1. The molecule has 0 aliphatic carbocycles. The van der Waals surface area contributed by atoms with E-state index in [2.05, 4.69) is 10.3 Å². The number of carboxylic acid groups (broad SMARTS) is 1. The van der Waals surface area contributed by atoms with Crippen molar-refractivity contribution in [3.8, 4) is 5.88 Å². The lowest BCUT2D eigenvalue weighted by Gasteiger charge is -2.17. The molecule has 0 atom stereocenters. The van der Waals surface area contributed by atoms with Gasteiger partial charge < -0.3 is 20.1 Å². The van der Waals surface area contributed by atoms with Crippen molar-refractivity contribution in [2.45, 2.75) is 32.9 Å². The topological polar surface area (TPSA) is 91.8 Å². The van der Waals surface area contributed by atoms with Crippen molar-refractivity contribution in [2.75, 3.05) is 13.6 Å². The van der Waals surface area contributed by atoms with E-state index < -0.39 is 5.97 Å². The third-order valence-corrected chi connectivity index (χ3v) is 2.61. The zero-order valence-corrected chi connectivity index (χ0v) is 12.5. The standard InChI is InChI=1S/C14H21N3O4/c1-10(2)21-12-5-4-11(8-15-12)9-16-14(20)17(3)7-6-13(18)19/h4-5,8,10H,6-7,9H2,1-3H3,(H,16,20)(H,18,19). The fourth-order valence-electron chi connectivity index (χ4n) is 1.50. The lowest BCUT2D eigenvalue weighted by atomic mass is 10.3. The lowest BCUT2D eigenvalue weighted by Crippen LogP contribution is -2.38. The van der Waals surface area contributed by atoms with Crippen LogP contribution in [0.5, 0.6) is 5.88 Å². The Morgan fingerprint density at radius 1 is 1.43 bits per heavy atom. The Morgan fingerprint density at radius 2 is 2.14 bits per heavy atom. The van der Waals surface area contributed by atoms with E-state index in [9.17, 15) is 9.59 Å². The molecular weight excluding hydrogens is 274 g/mol. The SMILES string of the molecule is CC(C)Oc1ccc(CNC(=O)N(C)CCC(=O)O)cn1. The molecule has 2 N–H and O–H groups in total. The van der Waals surface area contributed by atoms with E-state index in [4.69, 9.17) is 9.84 Å². The molecule has 1 rings (SSSR count). The van der Waals surface area contributed by atoms with Gasteiger partial charge >= 0.3 is 12.0 Å². The maximum Gasteiger partial charge on any atom is 0.317 e. The maximum atomic E-state index is 11.7. The quantitative estimate of drug-likeness (QED) is 0.795. The molecule has 7 heteroatoms. The van der Waals surface area contributed by atoms with Gasteiger partial charge in [0.25, 0.3) is 0 Å². The Labute approximate surface area is 123 Å². The van der Waals surface area contributed by atoms with Crippen LogP contribution in [-0.4, -0.2) is 46.7 Å². The molecule has 0 bridgehead atoms. The molecule has 0 spiro atoms. The van der Waals surface area contributed by atoms with Crippen LogP contribution in [0, 0.1) is 0 Å². The van der Waals surface area contributed by atoms with Gasteiger partial charge in [-0.25, -0.2) is 9.78 Å². The lowest BCUT2D eigenvalue weighted by molar-refractivity contribution is -0.137. The molecule has 0 aliphatic rings. The molecule has 0 aromatic carbocycles. The van der Waals surface area contributed by atoms with Crippen molar-refractivity contribution >= 4 is 12.0 Å². The van der Waals surface area contributed by atoms with Crippen molar-refractivity contribution in [2.24, 2.45) is 0 Å². The van der Waals surface area contributed by atoms with Gasteiger partial charge in [-0.3, -0.25) is 4.79 Å². The molecule has 2 amide bonds. The highest BCUT2D eigenvalue weighted by atomic mass is 16.5. The van der Waals surface area contributed by atoms with Gasteiger partial charge in [-0.1, -0.05) is 6.07 Å². The normalized spacial score (nSPS) is 10.3. The summed E-state index contributed by atoms with van der Waals surface area (Å²) in [6.45, 7) is 4.33. The van der Waals surface area contributed by atoms with Crippen LogP contribution >= 0.6 is 0 Å². The summed E-state index contributed by atoms with van der Waals surface area (Å²) in [7, 11) is 1.55. The number of hydrogen-bond acceptors (Lipinski definition) is 4. The first-order valence-electron chi connectivity index (χ1n) is 6.71. The molecule has 116 valence electrons. The fraction of sp³-hybridized carbons (Fsp3) is 0.500. The summed E-state index contributed by atoms with van der Waals surface area (Å²) in [5.41, 5.74) is 0.839. The third-order valence-electron chi connectivity index (χ3n) is 2.61. The van der Waals surface area contributed by atoms with E-state index in [1.807, 2.05) is 19.9 Å². The Balaban J connectivity index is 2.40. The number of nitrogens with zero attached hydrogens (tertiary/aromatic N) is 2. The monoisotopic (exact) mass is 295 g/mol. The Morgan fingerprint density at radius 3 is 2.67 bits per heavy atom. The van der Waals surface area contributed by atoms with E-state index in [1.165, 1.54) is 4.90 Å². The van der Waals surface area contributed by atoms with E-state index >= 15 is 0 Å². The van der Waals surface area contributed by atoms with Crippen LogP contribution in [0.2, 0.25) is 0 Å². The number of nitrogens with one attached hydrogen (secondary N) is 1. The Bertz CT molecular complexity index is 474. The van der Waals surface area contributed by atoms with Gasteiger partial charge in [0.2, 0.25) is 5.88 Å². The molecule has 1 aromatic rings. The Kier molecular flexibility index (Phi) is 6.45. The minimum Gasteiger partial charge on any atom is -0.481 e. The fourth-order valence-corrected chi connectivity index (χ4v) is 1.50. The summed E-state index contributed by atoms with van der Waals surface area (Å²) in [4.78, 5) is 27.6. The van der Waals surface area contributed by atoms with Crippen molar-refractivity contribution in [3.05, 3.63) is 23.9 Å². The van der Waals surface area contributed by atoms with Crippen molar-refractivity contribution < 1.29 is 19.4 Å². The smallest absolute Gasteiger partial charge is 0.317 e.